The summed E-state index contributed by atoms with van der Waals surface area (Å²) in [7, 11) is 0. The van der Waals surface area contributed by atoms with E-state index in [0.29, 0.717) is 17.9 Å². The molecule has 1 aliphatic carbocycles. The van der Waals surface area contributed by atoms with Crippen LogP contribution in [0.2, 0.25) is 0 Å². The predicted molar refractivity (Wildman–Crippen MR) is 117 cm³/mol. The fraction of sp³-hybridized carbons (Fsp3) is 0.348. The van der Waals surface area contributed by atoms with Gasteiger partial charge in [-0.3, -0.25) is 9.59 Å². The molecule has 2 aromatic carbocycles. The number of benzene rings is 2. The quantitative estimate of drug-likeness (QED) is 0.732. The number of carbonyl (C=O) groups is 2. The van der Waals surface area contributed by atoms with Crippen LogP contribution >= 0.6 is 11.8 Å². The highest BCUT2D eigenvalue weighted by Crippen LogP contribution is 2.38. The molecule has 1 aliphatic heterocycles. The molecule has 6 heteroatoms. The highest BCUT2D eigenvalue weighted by molar-refractivity contribution is 8.00. The van der Waals surface area contributed by atoms with Crippen LogP contribution in [0, 0.1) is 0 Å². The van der Waals surface area contributed by atoms with E-state index in [-0.39, 0.29) is 17.2 Å². The summed E-state index contributed by atoms with van der Waals surface area (Å²) in [5.74, 6) is 0.483. The van der Waals surface area contributed by atoms with Crippen LogP contribution in [-0.4, -0.2) is 34.7 Å². The second-order valence-electron chi connectivity index (χ2n) is 7.43. The lowest BCUT2D eigenvalue weighted by atomic mass is 10.1. The normalized spacial score (nSPS) is 18.9. The van der Waals surface area contributed by atoms with Crippen LogP contribution in [0.25, 0.3) is 0 Å². The lowest BCUT2D eigenvalue weighted by Crippen LogP contribution is -2.30. The van der Waals surface area contributed by atoms with Gasteiger partial charge in [-0.2, -0.15) is 5.10 Å². The molecule has 2 fully saturated rings. The monoisotopic (exact) mass is 407 g/mol. The van der Waals surface area contributed by atoms with Gasteiger partial charge in [-0.15, -0.1) is 11.8 Å². The van der Waals surface area contributed by atoms with Crippen molar-refractivity contribution >= 4 is 29.3 Å². The third-order valence-electron chi connectivity index (χ3n) is 5.41. The van der Waals surface area contributed by atoms with Crippen molar-refractivity contribution in [3.63, 3.8) is 0 Å². The van der Waals surface area contributed by atoms with Gasteiger partial charge in [0.15, 0.2) is 0 Å². The largest absolute Gasteiger partial charge is 0.326 e. The molecule has 0 spiro atoms. The Morgan fingerprint density at radius 1 is 1.07 bits per heavy atom. The Kier molecular flexibility index (Phi) is 6.30. The molecule has 4 rings (SSSR count). The molecular formula is C23H25N3O2S. The summed E-state index contributed by atoms with van der Waals surface area (Å²) in [5, 5.41) is 4.24. The Hall–Kier alpha value is -2.60. The van der Waals surface area contributed by atoms with E-state index in [2.05, 4.69) is 22.7 Å². The number of thioether (sulfide) groups is 1. The van der Waals surface area contributed by atoms with E-state index >= 15 is 0 Å². The third kappa shape index (κ3) is 4.88. The van der Waals surface area contributed by atoms with Crippen molar-refractivity contribution in [2.75, 3.05) is 12.3 Å². The van der Waals surface area contributed by atoms with E-state index in [9.17, 15) is 9.59 Å². The summed E-state index contributed by atoms with van der Waals surface area (Å²) < 4.78 is 0. The van der Waals surface area contributed by atoms with Gasteiger partial charge in [0.1, 0.15) is 5.37 Å². The molecular weight excluding hydrogens is 382 g/mol. The topological polar surface area (TPSA) is 61.8 Å². The van der Waals surface area contributed by atoms with Crippen molar-refractivity contribution in [1.29, 1.82) is 0 Å². The van der Waals surface area contributed by atoms with Gasteiger partial charge in [-0.1, -0.05) is 42.5 Å². The lowest BCUT2D eigenvalue weighted by molar-refractivity contribution is -0.128. The smallest absolute Gasteiger partial charge is 0.271 e. The summed E-state index contributed by atoms with van der Waals surface area (Å²) in [6.45, 7) is 0.695. The Morgan fingerprint density at radius 3 is 2.52 bits per heavy atom. The molecule has 5 nitrogen and oxygen atoms in total. The van der Waals surface area contributed by atoms with Crippen LogP contribution in [0.15, 0.2) is 59.7 Å². The first-order chi connectivity index (χ1) is 14.2. The SMILES string of the molecule is O=C(NN=C1CCCC1)c1ccc([C@@H]2SCC(=O)N2CCc2ccccc2)cc1. The second kappa shape index (κ2) is 9.27. The Morgan fingerprint density at radius 2 is 1.79 bits per heavy atom. The van der Waals surface area contributed by atoms with Crippen LogP contribution < -0.4 is 5.43 Å². The zero-order valence-corrected chi connectivity index (χ0v) is 17.2. The van der Waals surface area contributed by atoms with Crippen molar-refractivity contribution in [3.8, 4) is 0 Å². The minimum Gasteiger partial charge on any atom is -0.326 e. The Labute approximate surface area is 175 Å². The standard InChI is InChI=1S/C23H25N3O2S/c27-21-16-29-23(26(21)15-14-17-6-2-1-3-7-17)19-12-10-18(11-13-19)22(28)25-24-20-8-4-5-9-20/h1-3,6-7,10-13,23H,4-5,8-9,14-16H2,(H,25,28)/t23-/m0/s1. The summed E-state index contributed by atoms with van der Waals surface area (Å²) in [5.41, 5.74) is 6.60. The Bertz CT molecular complexity index is 888. The van der Waals surface area contributed by atoms with E-state index in [1.807, 2.05) is 47.4 Å². The number of rotatable bonds is 6. The lowest BCUT2D eigenvalue weighted by Gasteiger charge is -2.24. The van der Waals surface area contributed by atoms with Gasteiger partial charge >= 0.3 is 0 Å². The first kappa shape index (κ1) is 19.7. The number of hydrazone groups is 1. The molecule has 0 radical (unpaired) electrons. The van der Waals surface area contributed by atoms with E-state index in [0.717, 1.165) is 43.4 Å². The minimum absolute atomic E-state index is 0.00190. The summed E-state index contributed by atoms with van der Waals surface area (Å²) >= 11 is 1.64. The molecule has 1 saturated heterocycles. The average molecular weight is 408 g/mol. The third-order valence-corrected chi connectivity index (χ3v) is 6.66. The molecule has 2 aliphatic rings. The molecule has 29 heavy (non-hydrogen) atoms. The van der Waals surface area contributed by atoms with Crippen LogP contribution in [0.4, 0.5) is 0 Å². The van der Waals surface area contributed by atoms with Gasteiger partial charge in [0.25, 0.3) is 5.91 Å². The zero-order chi connectivity index (χ0) is 20.1. The van der Waals surface area contributed by atoms with Crippen molar-refractivity contribution in [1.82, 2.24) is 10.3 Å². The first-order valence-corrected chi connectivity index (χ1v) is 11.2. The van der Waals surface area contributed by atoms with Crippen molar-refractivity contribution < 1.29 is 9.59 Å². The zero-order valence-electron chi connectivity index (χ0n) is 16.3. The molecule has 0 bridgehead atoms. The number of carbonyl (C=O) groups excluding carboxylic acids is 2. The van der Waals surface area contributed by atoms with Gasteiger partial charge < -0.3 is 4.90 Å². The molecule has 1 saturated carbocycles. The maximum atomic E-state index is 12.4. The maximum Gasteiger partial charge on any atom is 0.271 e. The number of hydrogen-bond donors (Lipinski definition) is 1. The van der Waals surface area contributed by atoms with Gasteiger partial charge in [0.05, 0.1) is 5.75 Å². The maximum absolute atomic E-state index is 12.4. The fourth-order valence-electron chi connectivity index (χ4n) is 3.75. The van der Waals surface area contributed by atoms with E-state index in [4.69, 9.17) is 0 Å². The van der Waals surface area contributed by atoms with Crippen LogP contribution in [0.3, 0.4) is 0 Å². The number of nitrogens with zero attached hydrogens (tertiary/aromatic N) is 2. The molecule has 2 amide bonds. The average Bonchev–Trinajstić information content (AvgIpc) is 3.41. The molecule has 150 valence electrons. The fourth-order valence-corrected chi connectivity index (χ4v) is 4.97. The van der Waals surface area contributed by atoms with Crippen LogP contribution in [0.1, 0.15) is 52.5 Å². The van der Waals surface area contributed by atoms with Crippen molar-refractivity contribution in [2.24, 2.45) is 5.10 Å². The van der Waals surface area contributed by atoms with Crippen molar-refractivity contribution in [2.45, 2.75) is 37.5 Å². The second-order valence-corrected chi connectivity index (χ2v) is 8.50. The van der Waals surface area contributed by atoms with Gasteiger partial charge in [0.2, 0.25) is 5.91 Å². The predicted octanol–water partition coefficient (Wildman–Crippen LogP) is 4.16. The minimum atomic E-state index is -0.188. The van der Waals surface area contributed by atoms with E-state index in [1.54, 1.807) is 11.8 Å². The van der Waals surface area contributed by atoms with Gasteiger partial charge in [-0.05, 0) is 55.4 Å². The molecule has 2 aromatic rings. The number of hydrogen-bond acceptors (Lipinski definition) is 4. The summed E-state index contributed by atoms with van der Waals surface area (Å²) in [4.78, 5) is 26.7. The Balaban J connectivity index is 1.39. The molecule has 1 N–H and O–H groups in total. The highest BCUT2D eigenvalue weighted by Gasteiger charge is 2.32. The van der Waals surface area contributed by atoms with Gasteiger partial charge in [0, 0.05) is 17.8 Å². The van der Waals surface area contributed by atoms with E-state index in [1.165, 1.54) is 5.56 Å². The number of amides is 2. The molecule has 1 atom stereocenters. The van der Waals surface area contributed by atoms with Gasteiger partial charge in [-0.25, -0.2) is 5.43 Å². The molecule has 1 heterocycles. The highest BCUT2D eigenvalue weighted by atomic mass is 32.2. The van der Waals surface area contributed by atoms with Crippen molar-refractivity contribution in [3.05, 3.63) is 71.3 Å². The summed E-state index contributed by atoms with van der Waals surface area (Å²) in [6.07, 6.45) is 5.10. The molecule has 0 unspecified atom stereocenters. The van der Waals surface area contributed by atoms with Crippen LogP contribution in [0.5, 0.6) is 0 Å². The van der Waals surface area contributed by atoms with E-state index < -0.39 is 0 Å². The number of nitrogens with one attached hydrogen (secondary N) is 1. The molecule has 0 aromatic heterocycles. The van der Waals surface area contributed by atoms with Crippen LogP contribution in [-0.2, 0) is 11.2 Å². The first-order valence-electron chi connectivity index (χ1n) is 10.1. The summed E-state index contributed by atoms with van der Waals surface area (Å²) in [6, 6.07) is 17.8.